The number of hydrogen-bond donors (Lipinski definition) is 1. The fourth-order valence-corrected chi connectivity index (χ4v) is 6.28. The molecule has 0 saturated carbocycles. The molecule has 1 N–H and O–H groups in total. The van der Waals surface area contributed by atoms with E-state index in [1.165, 1.54) is 32.7 Å². The molecule has 0 spiro atoms. The number of thiophene rings is 1. The molecule has 0 bridgehead atoms. The second-order valence-corrected chi connectivity index (χ2v) is 9.75. The van der Waals surface area contributed by atoms with E-state index in [0.717, 1.165) is 67.9 Å². The highest BCUT2D eigenvalue weighted by atomic mass is 32.1. The number of morpholine rings is 1. The Morgan fingerprint density at radius 1 is 0.968 bits per heavy atom. The molecule has 2 aliphatic rings. The van der Waals surface area contributed by atoms with Crippen LogP contribution in [0.5, 0.6) is 0 Å². The van der Waals surface area contributed by atoms with Crippen LogP contribution in [-0.4, -0.2) is 42.0 Å². The van der Waals surface area contributed by atoms with Gasteiger partial charge in [-0.05, 0) is 36.8 Å². The Kier molecular flexibility index (Phi) is 6.07. The van der Waals surface area contributed by atoms with Crippen molar-refractivity contribution in [3.05, 3.63) is 67.2 Å². The summed E-state index contributed by atoms with van der Waals surface area (Å²) in [6.07, 6.45) is 5.47. The van der Waals surface area contributed by atoms with Crippen molar-refractivity contribution in [3.63, 3.8) is 0 Å². The van der Waals surface area contributed by atoms with Crippen molar-refractivity contribution < 1.29 is 9.64 Å². The van der Waals surface area contributed by atoms with Crippen LogP contribution in [-0.2, 0) is 30.7 Å². The summed E-state index contributed by atoms with van der Waals surface area (Å²) < 4.78 is 8.83. The van der Waals surface area contributed by atoms with Crippen molar-refractivity contribution in [2.45, 2.75) is 45.2 Å². The Bertz CT molecular complexity index is 1170. The molecule has 0 radical (unpaired) electrons. The zero-order chi connectivity index (χ0) is 21.2. The van der Waals surface area contributed by atoms with Gasteiger partial charge in [-0.3, -0.25) is 13.9 Å². The number of aryl methyl sites for hydroxylation is 2. The Hall–Kier alpha value is -2.22. The van der Waals surface area contributed by atoms with Crippen molar-refractivity contribution >= 4 is 21.6 Å². The summed E-state index contributed by atoms with van der Waals surface area (Å²) >= 11 is 1.69. The summed E-state index contributed by atoms with van der Waals surface area (Å²) in [4.78, 5) is 30.8. The lowest BCUT2D eigenvalue weighted by atomic mass is 10.1. The molecule has 5 rings (SSSR count). The minimum absolute atomic E-state index is 0.113. The topological polar surface area (TPSA) is 57.7 Å². The van der Waals surface area contributed by atoms with Gasteiger partial charge in [0.1, 0.15) is 17.9 Å². The summed E-state index contributed by atoms with van der Waals surface area (Å²) in [6, 6.07) is 9.82. The quantitative estimate of drug-likeness (QED) is 0.611. The third-order valence-electron chi connectivity index (χ3n) is 6.64. The van der Waals surface area contributed by atoms with E-state index in [1.807, 2.05) is 34.9 Å². The maximum atomic E-state index is 13.6. The monoisotopic (exact) mass is 440 g/mol. The molecular formula is C24H30N3O3S+. The van der Waals surface area contributed by atoms with Gasteiger partial charge >= 0.3 is 5.69 Å². The lowest BCUT2D eigenvalue weighted by molar-refractivity contribution is -0.908. The van der Waals surface area contributed by atoms with Crippen LogP contribution in [0.2, 0.25) is 0 Å². The average molecular weight is 441 g/mol. The second-order valence-electron chi connectivity index (χ2n) is 8.67. The minimum atomic E-state index is -0.176. The number of benzene rings is 1. The minimum Gasteiger partial charge on any atom is -0.370 e. The first-order valence-electron chi connectivity index (χ1n) is 11.5. The van der Waals surface area contributed by atoms with Gasteiger partial charge < -0.3 is 9.64 Å². The predicted molar refractivity (Wildman–Crippen MR) is 124 cm³/mol. The third kappa shape index (κ3) is 4.14. The number of hydrogen-bond acceptors (Lipinski definition) is 4. The zero-order valence-corrected chi connectivity index (χ0v) is 18.7. The van der Waals surface area contributed by atoms with Crippen LogP contribution in [0.4, 0.5) is 0 Å². The number of aromatic nitrogens is 2. The summed E-state index contributed by atoms with van der Waals surface area (Å²) in [7, 11) is 0. The number of rotatable bonds is 5. The number of nitrogens with one attached hydrogen (secondary N) is 1. The van der Waals surface area contributed by atoms with Gasteiger partial charge in [-0.25, -0.2) is 4.79 Å². The average Bonchev–Trinajstić information content (AvgIpc) is 3.00. The molecule has 1 aliphatic carbocycles. The van der Waals surface area contributed by atoms with E-state index in [4.69, 9.17) is 4.74 Å². The first kappa shape index (κ1) is 20.7. The Labute approximate surface area is 185 Å². The van der Waals surface area contributed by atoms with Crippen LogP contribution < -0.4 is 16.1 Å². The molecule has 0 unspecified atom stereocenters. The molecule has 6 nitrogen and oxygen atoms in total. The zero-order valence-electron chi connectivity index (χ0n) is 17.9. The van der Waals surface area contributed by atoms with Crippen LogP contribution in [0.1, 0.15) is 35.3 Å². The largest absolute Gasteiger partial charge is 0.370 e. The fourth-order valence-electron chi connectivity index (χ4n) is 4.88. The molecule has 0 amide bonds. The van der Waals surface area contributed by atoms with Crippen molar-refractivity contribution in [1.29, 1.82) is 0 Å². The Balaban J connectivity index is 1.62. The summed E-state index contributed by atoms with van der Waals surface area (Å²) in [5.74, 6) is 0. The molecule has 31 heavy (non-hydrogen) atoms. The van der Waals surface area contributed by atoms with E-state index in [9.17, 15) is 9.59 Å². The van der Waals surface area contributed by atoms with E-state index in [0.29, 0.717) is 13.1 Å². The van der Waals surface area contributed by atoms with Crippen LogP contribution in [0.25, 0.3) is 10.2 Å². The molecule has 3 aromatic rings. The van der Waals surface area contributed by atoms with E-state index in [2.05, 4.69) is 0 Å². The standard InChI is InChI=1S/C24H29N3O3S/c28-22-21-19-9-5-2-6-10-20(19)31-23(21)26(12-11-25-13-15-30-16-14-25)24(29)27(22)17-18-7-3-1-4-8-18/h1,3-4,7-8H,2,5-6,9-17H2/p+1. The van der Waals surface area contributed by atoms with Gasteiger partial charge in [-0.2, -0.15) is 0 Å². The molecule has 1 aromatic carbocycles. The maximum Gasteiger partial charge on any atom is 0.332 e. The van der Waals surface area contributed by atoms with Crippen molar-refractivity contribution in [1.82, 2.24) is 9.13 Å². The SMILES string of the molecule is O=c1c2c3c(sc2n(CC[NH+]2CCOCC2)c(=O)n1Cc1ccccc1)CCCCC3. The van der Waals surface area contributed by atoms with Gasteiger partial charge in [-0.1, -0.05) is 36.8 Å². The molecule has 0 atom stereocenters. The van der Waals surface area contributed by atoms with Crippen LogP contribution in [0.3, 0.4) is 0 Å². The summed E-state index contributed by atoms with van der Waals surface area (Å²) in [5, 5.41) is 0.800. The fraction of sp³-hybridized carbons (Fsp3) is 0.500. The van der Waals surface area contributed by atoms with Gasteiger partial charge in [0.25, 0.3) is 5.56 Å². The lowest BCUT2D eigenvalue weighted by Gasteiger charge is -2.24. The predicted octanol–water partition coefficient (Wildman–Crippen LogP) is 1.46. The lowest BCUT2D eigenvalue weighted by Crippen LogP contribution is -3.14. The van der Waals surface area contributed by atoms with Crippen LogP contribution in [0, 0.1) is 0 Å². The maximum absolute atomic E-state index is 13.6. The highest BCUT2D eigenvalue weighted by Gasteiger charge is 2.24. The van der Waals surface area contributed by atoms with Crippen molar-refractivity contribution in [3.8, 4) is 0 Å². The molecule has 164 valence electrons. The third-order valence-corrected chi connectivity index (χ3v) is 7.96. The van der Waals surface area contributed by atoms with Crippen LogP contribution >= 0.6 is 11.3 Å². The molecule has 2 aromatic heterocycles. The van der Waals surface area contributed by atoms with Gasteiger partial charge in [-0.15, -0.1) is 11.3 Å². The number of nitrogens with zero attached hydrogens (tertiary/aromatic N) is 2. The molecule has 1 aliphatic heterocycles. The van der Waals surface area contributed by atoms with E-state index in [1.54, 1.807) is 11.3 Å². The second kappa shape index (κ2) is 9.10. The van der Waals surface area contributed by atoms with Crippen molar-refractivity contribution in [2.75, 3.05) is 32.8 Å². The summed E-state index contributed by atoms with van der Waals surface area (Å²) in [6.45, 7) is 5.35. The van der Waals surface area contributed by atoms with Gasteiger partial charge in [0.15, 0.2) is 0 Å². The Morgan fingerprint density at radius 3 is 2.55 bits per heavy atom. The molecule has 1 saturated heterocycles. The van der Waals surface area contributed by atoms with Gasteiger partial charge in [0.2, 0.25) is 0 Å². The van der Waals surface area contributed by atoms with E-state index in [-0.39, 0.29) is 11.2 Å². The molecular weight excluding hydrogens is 410 g/mol. The highest BCUT2D eigenvalue weighted by Crippen LogP contribution is 2.33. The van der Waals surface area contributed by atoms with E-state index < -0.39 is 0 Å². The highest BCUT2D eigenvalue weighted by molar-refractivity contribution is 7.18. The smallest absolute Gasteiger partial charge is 0.332 e. The first-order chi connectivity index (χ1) is 15.2. The normalized spacial score (nSPS) is 17.5. The number of ether oxygens (including phenoxy) is 1. The number of fused-ring (bicyclic) bond motifs is 3. The molecule has 7 heteroatoms. The molecule has 3 heterocycles. The van der Waals surface area contributed by atoms with E-state index >= 15 is 0 Å². The Morgan fingerprint density at radius 2 is 1.74 bits per heavy atom. The first-order valence-corrected chi connectivity index (χ1v) is 12.3. The number of quaternary nitrogens is 1. The van der Waals surface area contributed by atoms with Gasteiger partial charge in [0, 0.05) is 4.88 Å². The molecule has 1 fully saturated rings. The summed E-state index contributed by atoms with van der Waals surface area (Å²) in [5.41, 5.74) is 1.90. The van der Waals surface area contributed by atoms with Crippen molar-refractivity contribution in [2.24, 2.45) is 0 Å². The van der Waals surface area contributed by atoms with Gasteiger partial charge in [0.05, 0.1) is 38.2 Å². The van der Waals surface area contributed by atoms with Crippen LogP contribution in [0.15, 0.2) is 39.9 Å².